The van der Waals surface area contributed by atoms with Crippen molar-refractivity contribution in [3.05, 3.63) is 65.7 Å². The molecule has 0 aliphatic heterocycles. The van der Waals surface area contributed by atoms with Crippen LogP contribution in [0.3, 0.4) is 0 Å². The Balaban J connectivity index is 1.64. The summed E-state index contributed by atoms with van der Waals surface area (Å²) in [6, 6.07) is 15.5. The maximum absolute atomic E-state index is 12.0. The summed E-state index contributed by atoms with van der Waals surface area (Å²) in [4.78, 5) is 35.6. The number of hydrogen-bond acceptors (Lipinski definition) is 4. The Morgan fingerprint density at radius 3 is 2.19 bits per heavy atom. The highest BCUT2D eigenvalue weighted by atomic mass is 16.5. The molecule has 0 aromatic heterocycles. The first-order valence-corrected chi connectivity index (χ1v) is 8.75. The van der Waals surface area contributed by atoms with E-state index in [4.69, 9.17) is 4.74 Å². The average Bonchev–Trinajstić information content (AvgIpc) is 2.70. The molecule has 0 atom stereocenters. The van der Waals surface area contributed by atoms with Crippen molar-refractivity contribution in [2.45, 2.75) is 19.8 Å². The van der Waals surface area contributed by atoms with E-state index >= 15 is 0 Å². The lowest BCUT2D eigenvalue weighted by Crippen LogP contribution is -2.41. The minimum Gasteiger partial charge on any atom is -0.494 e. The van der Waals surface area contributed by atoms with E-state index in [1.807, 2.05) is 13.0 Å². The Hall–Kier alpha value is -3.35. The lowest BCUT2D eigenvalue weighted by molar-refractivity contribution is -0.121. The molecule has 7 nitrogen and oxygen atoms in total. The van der Waals surface area contributed by atoms with Crippen LogP contribution in [0, 0.1) is 0 Å². The van der Waals surface area contributed by atoms with E-state index in [0.29, 0.717) is 36.4 Å². The third-order valence-electron chi connectivity index (χ3n) is 3.65. The molecule has 0 unspecified atom stereocenters. The number of nitrogens with one attached hydrogen (secondary N) is 3. The zero-order valence-corrected chi connectivity index (χ0v) is 15.2. The van der Waals surface area contributed by atoms with Gasteiger partial charge in [-0.2, -0.15) is 0 Å². The van der Waals surface area contributed by atoms with Gasteiger partial charge in [0.05, 0.1) is 6.61 Å². The van der Waals surface area contributed by atoms with Gasteiger partial charge in [0, 0.05) is 24.1 Å². The first kappa shape index (κ1) is 20.0. The number of carbonyl (C=O) groups is 3. The van der Waals surface area contributed by atoms with Gasteiger partial charge in [-0.3, -0.25) is 25.2 Å². The van der Waals surface area contributed by atoms with Crippen molar-refractivity contribution in [3.63, 3.8) is 0 Å². The number of amides is 3. The molecule has 3 N–H and O–H groups in total. The molecule has 2 aromatic rings. The second-order valence-electron chi connectivity index (χ2n) is 5.69. The maximum Gasteiger partial charge on any atom is 0.269 e. The standard InChI is InChI=1S/C20H23N3O4/c1-2-27-17-12-10-16(11-13-17)20(26)23-22-18(24)9-6-14-21-19(25)15-7-4-3-5-8-15/h3-5,7-8,10-13H,2,6,9,14H2,1H3,(H,21,25)(H,22,24)(H,23,26). The highest BCUT2D eigenvalue weighted by Gasteiger charge is 2.08. The molecule has 27 heavy (non-hydrogen) atoms. The summed E-state index contributed by atoms with van der Waals surface area (Å²) in [5.41, 5.74) is 5.70. The highest BCUT2D eigenvalue weighted by molar-refractivity contribution is 5.95. The highest BCUT2D eigenvalue weighted by Crippen LogP contribution is 2.11. The molecule has 0 aliphatic carbocycles. The van der Waals surface area contributed by atoms with E-state index < -0.39 is 5.91 Å². The zero-order valence-electron chi connectivity index (χ0n) is 15.2. The van der Waals surface area contributed by atoms with Gasteiger partial charge in [0.2, 0.25) is 5.91 Å². The molecule has 0 saturated carbocycles. The van der Waals surface area contributed by atoms with Crippen LogP contribution in [0.2, 0.25) is 0 Å². The number of hydrogen-bond donors (Lipinski definition) is 3. The summed E-state index contributed by atoms with van der Waals surface area (Å²) in [5, 5.41) is 2.74. The van der Waals surface area contributed by atoms with Crippen LogP contribution in [0.25, 0.3) is 0 Å². The number of hydrazine groups is 1. The van der Waals surface area contributed by atoms with Gasteiger partial charge in [-0.15, -0.1) is 0 Å². The molecule has 0 aliphatic rings. The number of ether oxygens (including phenoxy) is 1. The minimum atomic E-state index is -0.413. The fourth-order valence-corrected chi connectivity index (χ4v) is 2.27. The Morgan fingerprint density at radius 1 is 0.852 bits per heavy atom. The summed E-state index contributed by atoms with van der Waals surface area (Å²) in [5.74, 6) is -0.248. The van der Waals surface area contributed by atoms with Crippen molar-refractivity contribution in [3.8, 4) is 5.75 Å². The third kappa shape index (κ3) is 6.81. The van der Waals surface area contributed by atoms with Crippen LogP contribution >= 0.6 is 0 Å². The second kappa shape index (κ2) is 10.6. The van der Waals surface area contributed by atoms with Crippen molar-refractivity contribution >= 4 is 17.7 Å². The van der Waals surface area contributed by atoms with Crippen molar-refractivity contribution in [1.29, 1.82) is 0 Å². The van der Waals surface area contributed by atoms with Crippen molar-refractivity contribution < 1.29 is 19.1 Å². The fourth-order valence-electron chi connectivity index (χ4n) is 2.27. The fraction of sp³-hybridized carbons (Fsp3) is 0.250. The first-order chi connectivity index (χ1) is 13.1. The van der Waals surface area contributed by atoms with Gasteiger partial charge in [-0.05, 0) is 49.7 Å². The molecule has 3 amide bonds. The molecule has 2 rings (SSSR count). The van der Waals surface area contributed by atoms with Gasteiger partial charge in [-0.1, -0.05) is 18.2 Å². The normalized spacial score (nSPS) is 9.96. The molecule has 2 aromatic carbocycles. The average molecular weight is 369 g/mol. The summed E-state index contributed by atoms with van der Waals surface area (Å²) >= 11 is 0. The van der Waals surface area contributed by atoms with E-state index in [1.165, 1.54) is 0 Å². The summed E-state index contributed by atoms with van der Waals surface area (Å²) in [7, 11) is 0. The maximum atomic E-state index is 12.0. The molecule has 0 fully saturated rings. The Labute approximate surface area is 158 Å². The molecule has 142 valence electrons. The van der Waals surface area contributed by atoms with Gasteiger partial charge in [0.1, 0.15) is 5.75 Å². The molecule has 0 radical (unpaired) electrons. The van der Waals surface area contributed by atoms with Crippen LogP contribution in [-0.4, -0.2) is 30.9 Å². The van der Waals surface area contributed by atoms with E-state index in [1.54, 1.807) is 48.5 Å². The van der Waals surface area contributed by atoms with E-state index in [9.17, 15) is 14.4 Å². The predicted molar refractivity (Wildman–Crippen MR) is 101 cm³/mol. The molecule has 0 heterocycles. The van der Waals surface area contributed by atoms with Gasteiger partial charge < -0.3 is 10.1 Å². The third-order valence-corrected chi connectivity index (χ3v) is 3.65. The predicted octanol–water partition coefficient (Wildman–Crippen LogP) is 2.06. The van der Waals surface area contributed by atoms with Crippen LogP contribution in [0.4, 0.5) is 0 Å². The molecule has 0 bridgehead atoms. The number of carbonyl (C=O) groups excluding carboxylic acids is 3. The molecule has 0 spiro atoms. The zero-order chi connectivity index (χ0) is 19.5. The van der Waals surface area contributed by atoms with Crippen LogP contribution in [0.15, 0.2) is 54.6 Å². The second-order valence-corrected chi connectivity index (χ2v) is 5.69. The van der Waals surface area contributed by atoms with Crippen LogP contribution in [-0.2, 0) is 4.79 Å². The molecule has 7 heteroatoms. The SMILES string of the molecule is CCOc1ccc(C(=O)NNC(=O)CCCNC(=O)c2ccccc2)cc1. The molecular formula is C20H23N3O4. The van der Waals surface area contributed by atoms with Crippen LogP contribution in [0.5, 0.6) is 5.75 Å². The quantitative estimate of drug-likeness (QED) is 0.490. The number of benzene rings is 2. The lowest BCUT2D eigenvalue weighted by Gasteiger charge is -2.09. The Bertz CT molecular complexity index is 761. The van der Waals surface area contributed by atoms with E-state index in [2.05, 4.69) is 16.2 Å². The summed E-state index contributed by atoms with van der Waals surface area (Å²) in [6.07, 6.45) is 0.641. The topological polar surface area (TPSA) is 96.5 Å². The van der Waals surface area contributed by atoms with E-state index in [0.717, 1.165) is 0 Å². The van der Waals surface area contributed by atoms with Crippen LogP contribution < -0.4 is 20.9 Å². The first-order valence-electron chi connectivity index (χ1n) is 8.75. The Morgan fingerprint density at radius 2 is 1.52 bits per heavy atom. The largest absolute Gasteiger partial charge is 0.494 e. The monoisotopic (exact) mass is 369 g/mol. The van der Waals surface area contributed by atoms with Crippen LogP contribution in [0.1, 0.15) is 40.5 Å². The lowest BCUT2D eigenvalue weighted by atomic mass is 10.2. The Kier molecular flexibility index (Phi) is 7.84. The van der Waals surface area contributed by atoms with Gasteiger partial charge in [-0.25, -0.2) is 0 Å². The van der Waals surface area contributed by atoms with Crippen molar-refractivity contribution in [1.82, 2.24) is 16.2 Å². The minimum absolute atomic E-state index is 0.179. The van der Waals surface area contributed by atoms with Gasteiger partial charge in [0.15, 0.2) is 0 Å². The van der Waals surface area contributed by atoms with Crippen molar-refractivity contribution in [2.24, 2.45) is 0 Å². The summed E-state index contributed by atoms with van der Waals surface area (Å²) in [6.45, 7) is 2.80. The van der Waals surface area contributed by atoms with Crippen molar-refractivity contribution in [2.75, 3.05) is 13.2 Å². The molecule has 0 saturated heterocycles. The smallest absolute Gasteiger partial charge is 0.269 e. The van der Waals surface area contributed by atoms with Gasteiger partial charge in [0.25, 0.3) is 11.8 Å². The summed E-state index contributed by atoms with van der Waals surface area (Å²) < 4.78 is 5.31. The van der Waals surface area contributed by atoms with Gasteiger partial charge >= 0.3 is 0 Å². The molecular weight excluding hydrogens is 346 g/mol. The van der Waals surface area contributed by atoms with E-state index in [-0.39, 0.29) is 18.2 Å². The number of rotatable bonds is 8.